The lowest BCUT2D eigenvalue weighted by atomic mass is 9.96. The van der Waals surface area contributed by atoms with Gasteiger partial charge in [0.25, 0.3) is 0 Å². The number of ether oxygens (including phenoxy) is 1. The number of cyclic esters (lactones) is 1. The quantitative estimate of drug-likeness (QED) is 0.847. The minimum absolute atomic E-state index is 0.0879. The minimum atomic E-state index is -0.506. The Labute approximate surface area is 119 Å². The molecule has 2 atom stereocenters. The van der Waals surface area contributed by atoms with E-state index in [1.165, 1.54) is 4.90 Å². The summed E-state index contributed by atoms with van der Waals surface area (Å²) in [5, 5.41) is 0. The van der Waals surface area contributed by atoms with Crippen LogP contribution in [0, 0.1) is 5.92 Å². The fraction of sp³-hybridized carbons (Fsp3) is 0.500. The Morgan fingerprint density at radius 1 is 1.30 bits per heavy atom. The van der Waals surface area contributed by atoms with Crippen LogP contribution in [0.1, 0.15) is 38.7 Å². The van der Waals surface area contributed by atoms with E-state index in [-0.39, 0.29) is 23.8 Å². The number of benzene rings is 1. The molecule has 2 rings (SSSR count). The number of hydrogen-bond donors (Lipinski definition) is 0. The Kier molecular flexibility index (Phi) is 4.42. The van der Waals surface area contributed by atoms with Gasteiger partial charge in [0.2, 0.25) is 5.91 Å². The van der Waals surface area contributed by atoms with E-state index in [9.17, 15) is 9.59 Å². The van der Waals surface area contributed by atoms with Crippen molar-refractivity contribution >= 4 is 12.0 Å². The fourth-order valence-electron chi connectivity index (χ4n) is 2.47. The van der Waals surface area contributed by atoms with Crippen LogP contribution in [0.4, 0.5) is 4.79 Å². The molecule has 4 nitrogen and oxygen atoms in total. The molecule has 1 heterocycles. The van der Waals surface area contributed by atoms with E-state index in [0.717, 1.165) is 5.56 Å². The summed E-state index contributed by atoms with van der Waals surface area (Å²) < 4.78 is 5.01. The number of imide groups is 1. The monoisotopic (exact) mass is 275 g/mol. The molecule has 1 saturated heterocycles. The first-order chi connectivity index (χ1) is 9.50. The summed E-state index contributed by atoms with van der Waals surface area (Å²) in [6.07, 6.45) is -0.184. The average molecular weight is 275 g/mol. The van der Waals surface area contributed by atoms with Crippen LogP contribution in [0.2, 0.25) is 0 Å². The molecule has 0 aromatic heterocycles. The van der Waals surface area contributed by atoms with Crippen molar-refractivity contribution in [3.63, 3.8) is 0 Å². The van der Waals surface area contributed by atoms with Crippen molar-refractivity contribution in [3.8, 4) is 0 Å². The third-order valence-electron chi connectivity index (χ3n) is 3.79. The Morgan fingerprint density at radius 3 is 2.55 bits per heavy atom. The molecular formula is C16H21NO3. The van der Waals surface area contributed by atoms with Crippen molar-refractivity contribution in [2.45, 2.75) is 39.2 Å². The van der Waals surface area contributed by atoms with E-state index in [4.69, 9.17) is 4.74 Å². The summed E-state index contributed by atoms with van der Waals surface area (Å²) in [7, 11) is 0. The Balaban J connectivity index is 2.06. The van der Waals surface area contributed by atoms with Crippen LogP contribution in [0.5, 0.6) is 0 Å². The second kappa shape index (κ2) is 6.07. The number of carbonyl (C=O) groups excluding carboxylic acids is 2. The van der Waals surface area contributed by atoms with Gasteiger partial charge in [-0.2, -0.15) is 0 Å². The topological polar surface area (TPSA) is 46.6 Å². The average Bonchev–Trinajstić information content (AvgIpc) is 2.81. The Morgan fingerprint density at radius 2 is 1.95 bits per heavy atom. The molecule has 1 fully saturated rings. The summed E-state index contributed by atoms with van der Waals surface area (Å²) in [5.74, 6) is 0.143. The van der Waals surface area contributed by atoms with Crippen LogP contribution in [-0.2, 0) is 9.53 Å². The summed E-state index contributed by atoms with van der Waals surface area (Å²) in [5.41, 5.74) is 1.11. The normalized spacial score (nSPS) is 20.1. The molecule has 0 radical (unpaired) electrons. The molecule has 0 unspecified atom stereocenters. The molecular weight excluding hydrogens is 254 g/mol. The Bertz CT molecular complexity index is 484. The highest BCUT2D eigenvalue weighted by Crippen LogP contribution is 2.25. The first kappa shape index (κ1) is 14.6. The molecule has 108 valence electrons. The lowest BCUT2D eigenvalue weighted by molar-refractivity contribution is -0.130. The van der Waals surface area contributed by atoms with Crippen molar-refractivity contribution in [2.75, 3.05) is 6.61 Å². The standard InChI is InChI=1S/C16H21NO3/c1-11(2)14-10-20-16(19)17(14)15(18)9-12(3)13-7-5-4-6-8-13/h4-8,11-12,14H,9-10H2,1-3H3/t12-,14+/m0/s1. The van der Waals surface area contributed by atoms with Crippen LogP contribution in [0.15, 0.2) is 30.3 Å². The number of hydrogen-bond acceptors (Lipinski definition) is 3. The van der Waals surface area contributed by atoms with Crippen molar-refractivity contribution in [3.05, 3.63) is 35.9 Å². The third kappa shape index (κ3) is 3.00. The van der Waals surface area contributed by atoms with Crippen molar-refractivity contribution in [2.24, 2.45) is 5.92 Å². The van der Waals surface area contributed by atoms with E-state index in [0.29, 0.717) is 13.0 Å². The van der Waals surface area contributed by atoms with Crippen molar-refractivity contribution in [1.29, 1.82) is 0 Å². The number of amides is 2. The maximum Gasteiger partial charge on any atom is 0.416 e. The van der Waals surface area contributed by atoms with Gasteiger partial charge in [-0.05, 0) is 17.4 Å². The molecule has 0 aliphatic carbocycles. The molecule has 0 N–H and O–H groups in total. The molecule has 1 aromatic carbocycles. The van der Waals surface area contributed by atoms with Crippen LogP contribution >= 0.6 is 0 Å². The lowest BCUT2D eigenvalue weighted by Crippen LogP contribution is -2.42. The summed E-state index contributed by atoms with van der Waals surface area (Å²) in [4.78, 5) is 25.4. The highest BCUT2D eigenvalue weighted by Gasteiger charge is 2.39. The van der Waals surface area contributed by atoms with Gasteiger partial charge in [0.1, 0.15) is 6.61 Å². The van der Waals surface area contributed by atoms with E-state index in [1.807, 2.05) is 51.1 Å². The Hall–Kier alpha value is -1.84. The van der Waals surface area contributed by atoms with Crippen LogP contribution < -0.4 is 0 Å². The molecule has 1 aliphatic rings. The van der Waals surface area contributed by atoms with E-state index < -0.39 is 6.09 Å². The van der Waals surface area contributed by atoms with Crippen LogP contribution in [0.3, 0.4) is 0 Å². The van der Waals surface area contributed by atoms with Crippen LogP contribution in [-0.4, -0.2) is 29.5 Å². The lowest BCUT2D eigenvalue weighted by Gasteiger charge is -2.23. The van der Waals surface area contributed by atoms with Crippen LogP contribution in [0.25, 0.3) is 0 Å². The van der Waals surface area contributed by atoms with Gasteiger partial charge >= 0.3 is 6.09 Å². The molecule has 0 saturated carbocycles. The molecule has 0 bridgehead atoms. The zero-order valence-electron chi connectivity index (χ0n) is 12.2. The predicted octanol–water partition coefficient (Wildman–Crippen LogP) is 3.18. The molecule has 1 aliphatic heterocycles. The maximum atomic E-state index is 12.4. The number of carbonyl (C=O) groups is 2. The van der Waals surface area contributed by atoms with E-state index >= 15 is 0 Å². The first-order valence-electron chi connectivity index (χ1n) is 7.04. The second-order valence-electron chi connectivity index (χ2n) is 5.67. The molecule has 4 heteroatoms. The zero-order chi connectivity index (χ0) is 14.7. The van der Waals surface area contributed by atoms with E-state index in [1.54, 1.807) is 0 Å². The highest BCUT2D eigenvalue weighted by molar-refractivity contribution is 5.93. The summed E-state index contributed by atoms with van der Waals surface area (Å²) >= 11 is 0. The smallest absolute Gasteiger partial charge is 0.416 e. The number of rotatable bonds is 4. The minimum Gasteiger partial charge on any atom is -0.447 e. The predicted molar refractivity (Wildman–Crippen MR) is 76.3 cm³/mol. The van der Waals surface area contributed by atoms with Gasteiger partial charge in [-0.15, -0.1) is 0 Å². The summed E-state index contributed by atoms with van der Waals surface area (Å²) in [6, 6.07) is 9.72. The van der Waals surface area contributed by atoms with Gasteiger partial charge in [-0.1, -0.05) is 51.1 Å². The third-order valence-corrected chi connectivity index (χ3v) is 3.79. The van der Waals surface area contributed by atoms with Gasteiger partial charge < -0.3 is 4.74 Å². The molecule has 20 heavy (non-hydrogen) atoms. The fourth-order valence-corrected chi connectivity index (χ4v) is 2.47. The number of nitrogens with zero attached hydrogens (tertiary/aromatic N) is 1. The highest BCUT2D eigenvalue weighted by atomic mass is 16.6. The van der Waals surface area contributed by atoms with Gasteiger partial charge in [0, 0.05) is 6.42 Å². The second-order valence-corrected chi connectivity index (χ2v) is 5.67. The van der Waals surface area contributed by atoms with Gasteiger partial charge in [-0.25, -0.2) is 9.69 Å². The van der Waals surface area contributed by atoms with Crippen molar-refractivity contribution < 1.29 is 14.3 Å². The van der Waals surface area contributed by atoms with Gasteiger partial charge in [-0.3, -0.25) is 4.79 Å². The molecule has 2 amide bonds. The first-order valence-corrected chi connectivity index (χ1v) is 7.04. The summed E-state index contributed by atoms with van der Waals surface area (Å²) in [6.45, 7) is 6.29. The van der Waals surface area contributed by atoms with Gasteiger partial charge in [0.15, 0.2) is 0 Å². The zero-order valence-corrected chi connectivity index (χ0v) is 12.2. The maximum absolute atomic E-state index is 12.4. The molecule has 1 aromatic rings. The largest absolute Gasteiger partial charge is 0.447 e. The SMILES string of the molecule is CC(C)[C@H]1COC(=O)N1C(=O)C[C@H](C)c1ccccc1. The van der Waals surface area contributed by atoms with Gasteiger partial charge in [0.05, 0.1) is 6.04 Å². The van der Waals surface area contributed by atoms with Crippen molar-refractivity contribution in [1.82, 2.24) is 4.90 Å². The molecule has 0 spiro atoms. The van der Waals surface area contributed by atoms with E-state index in [2.05, 4.69) is 0 Å².